The number of hydrogen-bond acceptors (Lipinski definition) is 5. The van der Waals surface area contributed by atoms with Gasteiger partial charge in [-0.3, -0.25) is 0 Å². The Morgan fingerprint density at radius 2 is 2.53 bits per heavy atom. The number of ether oxygens (including phenoxy) is 1. The van der Waals surface area contributed by atoms with Gasteiger partial charge in [-0.25, -0.2) is 4.98 Å². The first-order valence-electron chi connectivity index (χ1n) is 5.76. The molecule has 2 rings (SSSR count). The molecule has 2 N–H and O–H groups in total. The third-order valence-electron chi connectivity index (χ3n) is 3.00. The lowest BCUT2D eigenvalue weighted by Crippen LogP contribution is -2.45. The molecule has 90 valence electrons. The van der Waals surface area contributed by atoms with Crippen LogP contribution in [-0.2, 0) is 4.74 Å². The molecular formula is C12H16N4O. The Bertz CT molecular complexity index is 441. The Morgan fingerprint density at radius 1 is 1.71 bits per heavy atom. The number of morpholine rings is 1. The third kappa shape index (κ3) is 2.32. The number of nitrogens with two attached hydrogens (primary N) is 1. The van der Waals surface area contributed by atoms with E-state index in [1.807, 2.05) is 6.07 Å². The van der Waals surface area contributed by atoms with Crippen LogP contribution in [0.5, 0.6) is 0 Å². The van der Waals surface area contributed by atoms with Crippen molar-refractivity contribution in [2.75, 3.05) is 30.4 Å². The number of aromatic nitrogens is 1. The Kier molecular flexibility index (Phi) is 3.45. The molecular weight excluding hydrogens is 216 g/mol. The molecule has 1 aliphatic heterocycles. The van der Waals surface area contributed by atoms with Crippen LogP contribution < -0.4 is 10.6 Å². The van der Waals surface area contributed by atoms with E-state index in [1.54, 1.807) is 12.3 Å². The van der Waals surface area contributed by atoms with Gasteiger partial charge in [0.1, 0.15) is 6.07 Å². The van der Waals surface area contributed by atoms with E-state index < -0.39 is 0 Å². The smallest absolute Gasteiger partial charge is 0.152 e. The molecule has 1 fully saturated rings. The molecule has 1 unspecified atom stereocenters. The normalized spacial score (nSPS) is 20.0. The van der Waals surface area contributed by atoms with Crippen molar-refractivity contribution in [1.29, 1.82) is 5.26 Å². The Labute approximate surface area is 101 Å². The summed E-state index contributed by atoms with van der Waals surface area (Å²) >= 11 is 0. The summed E-state index contributed by atoms with van der Waals surface area (Å²) in [7, 11) is 0. The van der Waals surface area contributed by atoms with E-state index in [0.717, 1.165) is 18.8 Å². The molecule has 5 nitrogen and oxygen atoms in total. The number of nitrogen functional groups attached to an aromatic ring is 1. The third-order valence-corrected chi connectivity index (χ3v) is 3.00. The first-order chi connectivity index (χ1) is 8.26. The number of hydrogen-bond donors (Lipinski definition) is 1. The zero-order valence-corrected chi connectivity index (χ0v) is 9.89. The highest BCUT2D eigenvalue weighted by atomic mass is 16.5. The second-order valence-corrected chi connectivity index (χ2v) is 4.08. The molecule has 17 heavy (non-hydrogen) atoms. The summed E-state index contributed by atoms with van der Waals surface area (Å²) < 4.78 is 5.45. The van der Waals surface area contributed by atoms with E-state index >= 15 is 0 Å². The van der Waals surface area contributed by atoms with Crippen molar-refractivity contribution in [3.05, 3.63) is 17.8 Å². The molecule has 1 aromatic heterocycles. The number of nitriles is 1. The summed E-state index contributed by atoms with van der Waals surface area (Å²) in [5.74, 6) is 0.763. The fraction of sp³-hybridized carbons (Fsp3) is 0.500. The van der Waals surface area contributed by atoms with Gasteiger partial charge in [0.2, 0.25) is 0 Å². The second kappa shape index (κ2) is 5.02. The SMILES string of the molecule is CCC1COCCN1c1ncc(C#N)cc1N. The van der Waals surface area contributed by atoms with E-state index in [1.165, 1.54) is 0 Å². The summed E-state index contributed by atoms with van der Waals surface area (Å²) in [6.45, 7) is 4.31. The highest BCUT2D eigenvalue weighted by molar-refractivity contribution is 5.65. The standard InChI is InChI=1S/C12H16N4O/c1-2-10-8-17-4-3-16(10)12-11(14)5-9(6-13)7-15-12/h5,7,10H,2-4,8,14H2,1H3. The first-order valence-corrected chi connectivity index (χ1v) is 5.76. The monoisotopic (exact) mass is 232 g/mol. The predicted molar refractivity (Wildman–Crippen MR) is 65.6 cm³/mol. The van der Waals surface area contributed by atoms with Crippen LogP contribution >= 0.6 is 0 Å². The highest BCUT2D eigenvalue weighted by Gasteiger charge is 2.24. The summed E-state index contributed by atoms with van der Waals surface area (Å²) in [6.07, 6.45) is 2.55. The Hall–Kier alpha value is -1.80. The lowest BCUT2D eigenvalue weighted by molar-refractivity contribution is 0.0926. The quantitative estimate of drug-likeness (QED) is 0.827. The van der Waals surface area contributed by atoms with Gasteiger partial charge in [-0.2, -0.15) is 5.26 Å². The first kappa shape index (κ1) is 11.7. The van der Waals surface area contributed by atoms with Crippen LogP contribution in [0.25, 0.3) is 0 Å². The van der Waals surface area contributed by atoms with Gasteiger partial charge in [0.25, 0.3) is 0 Å². The molecule has 0 spiro atoms. The van der Waals surface area contributed by atoms with E-state index in [-0.39, 0.29) is 0 Å². The average Bonchev–Trinajstić information content (AvgIpc) is 2.38. The minimum atomic E-state index is 0.312. The highest BCUT2D eigenvalue weighted by Crippen LogP contribution is 2.25. The molecule has 1 aliphatic rings. The fourth-order valence-electron chi connectivity index (χ4n) is 2.05. The van der Waals surface area contributed by atoms with E-state index in [0.29, 0.717) is 30.5 Å². The van der Waals surface area contributed by atoms with Gasteiger partial charge >= 0.3 is 0 Å². The van der Waals surface area contributed by atoms with E-state index in [4.69, 9.17) is 15.7 Å². The van der Waals surface area contributed by atoms with Crippen LogP contribution in [0.3, 0.4) is 0 Å². The molecule has 1 saturated heterocycles. The topological polar surface area (TPSA) is 75.2 Å². The number of anilines is 2. The van der Waals surface area contributed by atoms with Crippen molar-refractivity contribution in [2.45, 2.75) is 19.4 Å². The van der Waals surface area contributed by atoms with Crippen LogP contribution in [0, 0.1) is 11.3 Å². The summed E-state index contributed by atoms with van der Waals surface area (Å²) in [5, 5.41) is 8.78. The van der Waals surface area contributed by atoms with Crippen LogP contribution in [0.2, 0.25) is 0 Å². The maximum absolute atomic E-state index is 8.78. The fourth-order valence-corrected chi connectivity index (χ4v) is 2.05. The molecule has 0 saturated carbocycles. The van der Waals surface area contributed by atoms with Crippen molar-refractivity contribution >= 4 is 11.5 Å². The van der Waals surface area contributed by atoms with Gasteiger partial charge in [0.05, 0.1) is 30.5 Å². The number of rotatable bonds is 2. The molecule has 0 radical (unpaired) electrons. The van der Waals surface area contributed by atoms with Gasteiger partial charge < -0.3 is 15.4 Å². The molecule has 1 atom stereocenters. The Balaban J connectivity index is 2.29. The zero-order valence-electron chi connectivity index (χ0n) is 9.89. The van der Waals surface area contributed by atoms with Crippen molar-refractivity contribution < 1.29 is 4.74 Å². The molecule has 2 heterocycles. The molecule has 0 aromatic carbocycles. The van der Waals surface area contributed by atoms with Crippen LogP contribution in [-0.4, -0.2) is 30.8 Å². The molecule has 5 heteroatoms. The molecule has 1 aromatic rings. The number of pyridine rings is 1. The van der Waals surface area contributed by atoms with E-state index in [2.05, 4.69) is 16.8 Å². The lowest BCUT2D eigenvalue weighted by Gasteiger charge is -2.36. The van der Waals surface area contributed by atoms with Crippen molar-refractivity contribution in [1.82, 2.24) is 4.98 Å². The van der Waals surface area contributed by atoms with Crippen molar-refractivity contribution in [3.63, 3.8) is 0 Å². The minimum absolute atomic E-state index is 0.312. The second-order valence-electron chi connectivity index (χ2n) is 4.08. The van der Waals surface area contributed by atoms with Crippen molar-refractivity contribution in [2.24, 2.45) is 0 Å². The Morgan fingerprint density at radius 3 is 3.18 bits per heavy atom. The van der Waals surface area contributed by atoms with Gasteiger partial charge in [0, 0.05) is 12.7 Å². The van der Waals surface area contributed by atoms with Gasteiger partial charge in [-0.1, -0.05) is 6.92 Å². The van der Waals surface area contributed by atoms with E-state index in [9.17, 15) is 0 Å². The van der Waals surface area contributed by atoms with Crippen LogP contribution in [0.4, 0.5) is 11.5 Å². The van der Waals surface area contributed by atoms with Gasteiger partial charge in [-0.05, 0) is 12.5 Å². The summed E-state index contributed by atoms with van der Waals surface area (Å²) in [4.78, 5) is 6.46. The summed E-state index contributed by atoms with van der Waals surface area (Å²) in [6, 6.07) is 4.02. The van der Waals surface area contributed by atoms with Crippen molar-refractivity contribution in [3.8, 4) is 6.07 Å². The minimum Gasteiger partial charge on any atom is -0.396 e. The number of nitrogens with zero attached hydrogens (tertiary/aromatic N) is 3. The van der Waals surface area contributed by atoms with Crippen LogP contribution in [0.15, 0.2) is 12.3 Å². The van der Waals surface area contributed by atoms with Gasteiger partial charge in [0.15, 0.2) is 5.82 Å². The van der Waals surface area contributed by atoms with Crippen LogP contribution in [0.1, 0.15) is 18.9 Å². The zero-order chi connectivity index (χ0) is 12.3. The molecule has 0 amide bonds. The maximum atomic E-state index is 8.78. The molecule has 0 aliphatic carbocycles. The van der Waals surface area contributed by atoms with Gasteiger partial charge in [-0.15, -0.1) is 0 Å². The maximum Gasteiger partial charge on any atom is 0.152 e. The average molecular weight is 232 g/mol. The summed E-state index contributed by atoms with van der Waals surface area (Å²) in [5.41, 5.74) is 7.00. The predicted octanol–water partition coefficient (Wildman–Crippen LogP) is 1.15. The lowest BCUT2D eigenvalue weighted by atomic mass is 10.1. The largest absolute Gasteiger partial charge is 0.396 e. The molecule has 0 bridgehead atoms.